The zero-order valence-corrected chi connectivity index (χ0v) is 12.6. The highest BCUT2D eigenvalue weighted by Crippen LogP contribution is 2.32. The minimum absolute atomic E-state index is 0.562. The van der Waals surface area contributed by atoms with Crippen LogP contribution in [0.5, 0.6) is 11.5 Å². The molecule has 0 radical (unpaired) electrons. The average Bonchev–Trinajstić information content (AvgIpc) is 2.88. The number of amidine groups is 1. The van der Waals surface area contributed by atoms with Crippen molar-refractivity contribution in [1.82, 2.24) is 0 Å². The molecule has 0 spiro atoms. The number of aliphatic imine (C=N–C) groups is 1. The summed E-state index contributed by atoms with van der Waals surface area (Å²) in [6.07, 6.45) is 0. The van der Waals surface area contributed by atoms with Gasteiger partial charge in [0, 0.05) is 11.3 Å². The van der Waals surface area contributed by atoms with Gasteiger partial charge >= 0.3 is 0 Å². The Balaban J connectivity index is 2.08. The molecule has 0 aromatic heterocycles. The summed E-state index contributed by atoms with van der Waals surface area (Å²) in [6, 6.07) is 5.72. The Hall–Kier alpha value is -1.36. The molecule has 4 nitrogen and oxygen atoms in total. The van der Waals surface area contributed by atoms with E-state index in [9.17, 15) is 0 Å². The molecule has 0 fully saturated rings. The number of anilines is 1. The predicted molar refractivity (Wildman–Crippen MR) is 81.7 cm³/mol. The van der Waals surface area contributed by atoms with E-state index in [-0.39, 0.29) is 0 Å². The minimum Gasteiger partial charge on any atom is -0.497 e. The van der Waals surface area contributed by atoms with Gasteiger partial charge in [0.1, 0.15) is 11.5 Å². The number of hydrogen-bond acceptors (Lipinski definition) is 5. The molecule has 0 saturated heterocycles. The van der Waals surface area contributed by atoms with Crippen LogP contribution in [-0.2, 0) is 0 Å². The van der Waals surface area contributed by atoms with Crippen LogP contribution < -0.4 is 14.8 Å². The van der Waals surface area contributed by atoms with Crippen LogP contribution in [0, 0.1) is 5.92 Å². The maximum atomic E-state index is 5.37. The number of nitrogens with zero attached hydrogens (tertiary/aromatic N) is 1. The molecule has 19 heavy (non-hydrogen) atoms. The lowest BCUT2D eigenvalue weighted by Crippen LogP contribution is -2.13. The SMILES string of the molecule is COc1ccc(NC2=NCC(C(C)C)S2)c(OC)c1. The third-order valence-corrected chi connectivity index (χ3v) is 4.52. The van der Waals surface area contributed by atoms with Crippen LogP contribution in [0.25, 0.3) is 0 Å². The summed E-state index contributed by atoms with van der Waals surface area (Å²) in [6.45, 7) is 5.33. The fraction of sp³-hybridized carbons (Fsp3) is 0.500. The third-order valence-electron chi connectivity index (χ3n) is 3.07. The van der Waals surface area contributed by atoms with Crippen LogP contribution in [0.4, 0.5) is 5.69 Å². The first-order valence-corrected chi connectivity index (χ1v) is 7.22. The topological polar surface area (TPSA) is 42.8 Å². The van der Waals surface area contributed by atoms with E-state index in [2.05, 4.69) is 24.2 Å². The van der Waals surface area contributed by atoms with Gasteiger partial charge in [-0.05, 0) is 18.1 Å². The molecule has 104 valence electrons. The molecular weight excluding hydrogens is 260 g/mol. The van der Waals surface area contributed by atoms with Crippen LogP contribution in [-0.4, -0.2) is 31.2 Å². The maximum absolute atomic E-state index is 5.37. The standard InChI is InChI=1S/C14H20N2O2S/c1-9(2)13-8-15-14(19-13)16-11-6-5-10(17-3)7-12(11)18-4/h5-7,9,13H,8H2,1-4H3,(H,15,16). The molecule has 1 aromatic carbocycles. The first-order chi connectivity index (χ1) is 9.13. The van der Waals surface area contributed by atoms with Crippen molar-refractivity contribution in [3.8, 4) is 11.5 Å². The van der Waals surface area contributed by atoms with Gasteiger partial charge in [0.05, 0.1) is 26.5 Å². The van der Waals surface area contributed by atoms with E-state index >= 15 is 0 Å². The summed E-state index contributed by atoms with van der Waals surface area (Å²) < 4.78 is 10.6. The number of benzene rings is 1. The molecule has 2 rings (SSSR count). The van der Waals surface area contributed by atoms with E-state index in [4.69, 9.17) is 9.47 Å². The van der Waals surface area contributed by atoms with Crippen LogP contribution >= 0.6 is 11.8 Å². The molecule has 1 unspecified atom stereocenters. The van der Waals surface area contributed by atoms with Crippen molar-refractivity contribution in [3.63, 3.8) is 0 Å². The van der Waals surface area contributed by atoms with Gasteiger partial charge in [0.25, 0.3) is 0 Å². The Morgan fingerprint density at radius 3 is 2.68 bits per heavy atom. The Morgan fingerprint density at radius 1 is 1.32 bits per heavy atom. The molecule has 0 amide bonds. The lowest BCUT2D eigenvalue weighted by atomic mass is 10.1. The van der Waals surface area contributed by atoms with Crippen molar-refractivity contribution in [2.45, 2.75) is 19.1 Å². The van der Waals surface area contributed by atoms with Crippen LogP contribution in [0.3, 0.4) is 0 Å². The predicted octanol–water partition coefficient (Wildman–Crippen LogP) is 3.24. The molecule has 0 bridgehead atoms. The number of thioether (sulfide) groups is 1. The second-order valence-electron chi connectivity index (χ2n) is 4.74. The summed E-state index contributed by atoms with van der Waals surface area (Å²) in [5.74, 6) is 2.17. The van der Waals surface area contributed by atoms with Crippen molar-refractivity contribution in [3.05, 3.63) is 18.2 Å². The number of ether oxygens (including phenoxy) is 2. The van der Waals surface area contributed by atoms with Crippen molar-refractivity contribution < 1.29 is 9.47 Å². The molecule has 5 heteroatoms. The van der Waals surface area contributed by atoms with Gasteiger partial charge in [-0.3, -0.25) is 4.99 Å². The van der Waals surface area contributed by atoms with Crippen molar-refractivity contribution in [2.75, 3.05) is 26.1 Å². The highest BCUT2D eigenvalue weighted by Gasteiger charge is 2.23. The molecule has 1 aliphatic heterocycles. The number of methoxy groups -OCH3 is 2. The largest absolute Gasteiger partial charge is 0.497 e. The van der Waals surface area contributed by atoms with Crippen LogP contribution in [0.2, 0.25) is 0 Å². The summed E-state index contributed by atoms with van der Waals surface area (Å²) >= 11 is 1.79. The molecule has 0 saturated carbocycles. The van der Waals surface area contributed by atoms with Gasteiger partial charge in [0.2, 0.25) is 0 Å². The number of nitrogens with one attached hydrogen (secondary N) is 1. The third kappa shape index (κ3) is 3.35. The fourth-order valence-corrected chi connectivity index (χ4v) is 2.85. The zero-order chi connectivity index (χ0) is 13.8. The number of hydrogen-bond donors (Lipinski definition) is 1. The average molecular weight is 280 g/mol. The van der Waals surface area contributed by atoms with Crippen molar-refractivity contribution in [2.24, 2.45) is 10.9 Å². The van der Waals surface area contributed by atoms with E-state index in [1.807, 2.05) is 18.2 Å². The maximum Gasteiger partial charge on any atom is 0.161 e. The van der Waals surface area contributed by atoms with Gasteiger partial charge in [-0.2, -0.15) is 0 Å². The van der Waals surface area contributed by atoms with Gasteiger partial charge in [-0.15, -0.1) is 0 Å². The molecular formula is C14H20N2O2S. The van der Waals surface area contributed by atoms with Gasteiger partial charge in [-0.25, -0.2) is 0 Å². The first-order valence-electron chi connectivity index (χ1n) is 6.34. The monoisotopic (exact) mass is 280 g/mol. The second kappa shape index (κ2) is 6.19. The van der Waals surface area contributed by atoms with Crippen LogP contribution in [0.1, 0.15) is 13.8 Å². The zero-order valence-electron chi connectivity index (χ0n) is 11.8. The molecule has 1 N–H and O–H groups in total. The molecule has 1 atom stereocenters. The summed E-state index contributed by atoms with van der Waals surface area (Å²) in [5.41, 5.74) is 0.916. The summed E-state index contributed by atoms with van der Waals surface area (Å²) in [4.78, 5) is 4.53. The van der Waals surface area contributed by atoms with Crippen molar-refractivity contribution in [1.29, 1.82) is 0 Å². The van der Waals surface area contributed by atoms with Gasteiger partial charge in [-0.1, -0.05) is 25.6 Å². The fourth-order valence-electron chi connectivity index (χ4n) is 1.82. The highest BCUT2D eigenvalue weighted by atomic mass is 32.2. The number of rotatable bonds is 4. The first kappa shape index (κ1) is 14.1. The molecule has 1 aliphatic rings. The summed E-state index contributed by atoms with van der Waals surface area (Å²) in [5, 5.41) is 4.85. The smallest absolute Gasteiger partial charge is 0.161 e. The van der Waals surface area contributed by atoms with E-state index in [0.717, 1.165) is 28.9 Å². The Bertz CT molecular complexity index is 475. The molecule has 0 aliphatic carbocycles. The normalized spacial score (nSPS) is 18.4. The Kier molecular flexibility index (Phi) is 4.58. The second-order valence-corrected chi connectivity index (χ2v) is 5.97. The van der Waals surface area contributed by atoms with Gasteiger partial charge in [0.15, 0.2) is 5.17 Å². The van der Waals surface area contributed by atoms with Gasteiger partial charge < -0.3 is 14.8 Å². The summed E-state index contributed by atoms with van der Waals surface area (Å²) in [7, 11) is 3.30. The molecule has 1 heterocycles. The van der Waals surface area contributed by atoms with E-state index < -0.39 is 0 Å². The van der Waals surface area contributed by atoms with E-state index in [1.54, 1.807) is 26.0 Å². The van der Waals surface area contributed by atoms with E-state index in [0.29, 0.717) is 11.2 Å². The lowest BCUT2D eigenvalue weighted by Gasteiger charge is -2.14. The Labute approximate surface area is 118 Å². The minimum atomic E-state index is 0.562. The molecule has 1 aromatic rings. The van der Waals surface area contributed by atoms with Crippen LogP contribution in [0.15, 0.2) is 23.2 Å². The van der Waals surface area contributed by atoms with Crippen molar-refractivity contribution >= 4 is 22.6 Å². The highest BCUT2D eigenvalue weighted by molar-refractivity contribution is 8.15. The Morgan fingerprint density at radius 2 is 2.11 bits per heavy atom. The lowest BCUT2D eigenvalue weighted by molar-refractivity contribution is 0.395. The quantitative estimate of drug-likeness (QED) is 0.919. The van der Waals surface area contributed by atoms with E-state index in [1.165, 1.54) is 0 Å².